The fraction of sp³-hybridized carbons (Fsp3) is 0.333. The number of methoxy groups -OCH3 is 1. The van der Waals surface area contributed by atoms with E-state index in [0.717, 1.165) is 25.9 Å². The summed E-state index contributed by atoms with van der Waals surface area (Å²) in [5, 5.41) is 7.47. The number of thioether (sulfide) groups is 1. The number of carbonyl (C=O) groups excluding carboxylic acids is 1. The molecule has 3 heterocycles. The van der Waals surface area contributed by atoms with Gasteiger partial charge in [0.15, 0.2) is 10.8 Å². The van der Waals surface area contributed by atoms with E-state index in [4.69, 9.17) is 4.74 Å². The Morgan fingerprint density at radius 1 is 1.30 bits per heavy atom. The van der Waals surface area contributed by atoms with Gasteiger partial charge in [0, 0.05) is 13.1 Å². The van der Waals surface area contributed by atoms with E-state index in [1.54, 1.807) is 19.2 Å². The topological polar surface area (TPSA) is 93.1 Å². The zero-order valence-electron chi connectivity index (χ0n) is 14.8. The molecule has 1 fully saturated rings. The van der Waals surface area contributed by atoms with Gasteiger partial charge in [-0.25, -0.2) is 4.98 Å². The number of aromatic amines is 1. The first-order valence-electron chi connectivity index (χ1n) is 8.69. The third-order valence-electron chi connectivity index (χ3n) is 4.56. The summed E-state index contributed by atoms with van der Waals surface area (Å²) in [4.78, 5) is 31.9. The van der Waals surface area contributed by atoms with E-state index >= 15 is 0 Å². The Hall–Kier alpha value is -2.81. The predicted octanol–water partition coefficient (Wildman–Crippen LogP) is 1.83. The van der Waals surface area contributed by atoms with Crippen molar-refractivity contribution in [1.29, 1.82) is 0 Å². The third-order valence-corrected chi connectivity index (χ3v) is 5.48. The van der Waals surface area contributed by atoms with Crippen molar-refractivity contribution in [1.82, 2.24) is 24.6 Å². The average molecular weight is 385 g/mol. The minimum Gasteiger partial charge on any atom is -0.495 e. The molecule has 0 radical (unpaired) electrons. The Labute approximate surface area is 159 Å². The van der Waals surface area contributed by atoms with Crippen LogP contribution < -0.4 is 10.3 Å². The number of benzene rings is 1. The molecule has 1 aliphatic heterocycles. The summed E-state index contributed by atoms with van der Waals surface area (Å²) >= 11 is 1.25. The average Bonchev–Trinajstić information content (AvgIpc) is 3.38. The minimum absolute atomic E-state index is 0.0584. The SMILES string of the molecule is COc1ccccc1-n1c(SCC(=O)N2CCCC2)nc2[nH]ncc2c1=O. The van der Waals surface area contributed by atoms with Gasteiger partial charge in [-0.1, -0.05) is 23.9 Å². The number of hydrogen-bond donors (Lipinski definition) is 1. The zero-order valence-corrected chi connectivity index (χ0v) is 15.7. The summed E-state index contributed by atoms with van der Waals surface area (Å²) in [7, 11) is 1.55. The number of carbonyl (C=O) groups is 1. The Kier molecular flexibility index (Phi) is 4.85. The molecule has 0 unspecified atom stereocenters. The maximum absolute atomic E-state index is 13.1. The maximum Gasteiger partial charge on any atom is 0.270 e. The Balaban J connectivity index is 1.76. The van der Waals surface area contributed by atoms with E-state index in [0.29, 0.717) is 27.6 Å². The molecule has 140 valence electrons. The van der Waals surface area contributed by atoms with Crippen LogP contribution in [0.25, 0.3) is 16.7 Å². The molecular weight excluding hydrogens is 366 g/mol. The standard InChI is InChI=1S/C18H19N5O3S/c1-26-14-7-3-2-6-13(14)23-17(25)12-10-19-21-16(12)20-18(23)27-11-15(24)22-8-4-5-9-22/h2-3,6-7,10H,4-5,8-9,11H2,1H3,(H,19,21). The quantitative estimate of drug-likeness (QED) is 0.532. The molecule has 0 bridgehead atoms. The van der Waals surface area contributed by atoms with Gasteiger partial charge in [-0.05, 0) is 25.0 Å². The number of rotatable bonds is 5. The van der Waals surface area contributed by atoms with Gasteiger partial charge >= 0.3 is 0 Å². The van der Waals surface area contributed by atoms with Crippen molar-refractivity contribution in [3.8, 4) is 11.4 Å². The number of H-pyrrole nitrogens is 1. The molecule has 0 atom stereocenters. The second-order valence-corrected chi connectivity index (χ2v) is 7.16. The maximum atomic E-state index is 13.1. The second kappa shape index (κ2) is 7.43. The predicted molar refractivity (Wildman–Crippen MR) is 103 cm³/mol. The van der Waals surface area contributed by atoms with Crippen LogP contribution in [0.15, 0.2) is 40.4 Å². The lowest BCUT2D eigenvalue weighted by Crippen LogP contribution is -2.29. The molecule has 8 nitrogen and oxygen atoms in total. The highest BCUT2D eigenvalue weighted by Crippen LogP contribution is 2.27. The number of para-hydroxylation sites is 2. The van der Waals surface area contributed by atoms with E-state index in [1.807, 2.05) is 17.0 Å². The number of ether oxygens (including phenoxy) is 1. The molecule has 4 rings (SSSR count). The van der Waals surface area contributed by atoms with Crippen LogP contribution in [-0.2, 0) is 4.79 Å². The van der Waals surface area contributed by atoms with Gasteiger partial charge in [0.1, 0.15) is 11.1 Å². The van der Waals surface area contributed by atoms with Crippen molar-refractivity contribution in [2.24, 2.45) is 0 Å². The molecule has 1 saturated heterocycles. The number of nitrogens with zero attached hydrogens (tertiary/aromatic N) is 4. The molecule has 9 heteroatoms. The lowest BCUT2D eigenvalue weighted by atomic mass is 10.3. The molecule has 1 N–H and O–H groups in total. The van der Waals surface area contributed by atoms with Crippen molar-refractivity contribution in [2.75, 3.05) is 26.0 Å². The molecular formula is C18H19N5O3S. The second-order valence-electron chi connectivity index (χ2n) is 6.22. The van der Waals surface area contributed by atoms with Crippen molar-refractivity contribution >= 4 is 28.7 Å². The van der Waals surface area contributed by atoms with Crippen LogP contribution in [0.5, 0.6) is 5.75 Å². The van der Waals surface area contributed by atoms with E-state index in [9.17, 15) is 9.59 Å². The number of hydrogen-bond acceptors (Lipinski definition) is 6. The highest BCUT2D eigenvalue weighted by atomic mass is 32.2. The van der Waals surface area contributed by atoms with Crippen LogP contribution in [0.4, 0.5) is 0 Å². The highest BCUT2D eigenvalue weighted by Gasteiger charge is 2.21. The van der Waals surface area contributed by atoms with Crippen LogP contribution in [0, 0.1) is 0 Å². The Morgan fingerprint density at radius 2 is 2.07 bits per heavy atom. The minimum atomic E-state index is -0.255. The van der Waals surface area contributed by atoms with Crippen LogP contribution in [-0.4, -0.2) is 56.5 Å². The summed E-state index contributed by atoms with van der Waals surface area (Å²) in [6.07, 6.45) is 3.54. The van der Waals surface area contributed by atoms with E-state index in [-0.39, 0.29) is 17.2 Å². The normalized spacial score (nSPS) is 14.0. The molecule has 0 spiro atoms. The summed E-state index contributed by atoms with van der Waals surface area (Å²) in [5.41, 5.74) is 0.730. The molecule has 0 saturated carbocycles. The summed E-state index contributed by atoms with van der Waals surface area (Å²) < 4.78 is 6.90. The van der Waals surface area contributed by atoms with Crippen LogP contribution in [0.1, 0.15) is 12.8 Å². The number of likely N-dealkylation sites (tertiary alicyclic amines) is 1. The lowest BCUT2D eigenvalue weighted by molar-refractivity contribution is -0.127. The third kappa shape index (κ3) is 3.30. The first kappa shape index (κ1) is 17.6. The summed E-state index contributed by atoms with van der Waals surface area (Å²) in [5.74, 6) is 0.835. The smallest absolute Gasteiger partial charge is 0.270 e. The molecule has 0 aliphatic carbocycles. The highest BCUT2D eigenvalue weighted by molar-refractivity contribution is 7.99. The van der Waals surface area contributed by atoms with Crippen molar-refractivity contribution in [3.63, 3.8) is 0 Å². The molecule has 1 aromatic carbocycles. The Bertz CT molecular complexity index is 1040. The fourth-order valence-corrected chi connectivity index (χ4v) is 4.08. The van der Waals surface area contributed by atoms with Crippen LogP contribution in [0.3, 0.4) is 0 Å². The number of nitrogens with one attached hydrogen (secondary N) is 1. The van der Waals surface area contributed by atoms with Gasteiger partial charge in [-0.2, -0.15) is 5.10 Å². The number of aromatic nitrogens is 4. The first-order chi connectivity index (χ1) is 13.2. The van der Waals surface area contributed by atoms with Crippen LogP contribution >= 0.6 is 11.8 Å². The molecule has 27 heavy (non-hydrogen) atoms. The van der Waals surface area contributed by atoms with Crippen molar-refractivity contribution < 1.29 is 9.53 Å². The van der Waals surface area contributed by atoms with E-state index < -0.39 is 0 Å². The lowest BCUT2D eigenvalue weighted by Gasteiger charge is -2.17. The molecule has 1 amide bonds. The van der Waals surface area contributed by atoms with Crippen LogP contribution in [0.2, 0.25) is 0 Å². The van der Waals surface area contributed by atoms with Gasteiger partial charge in [0.25, 0.3) is 5.56 Å². The molecule has 2 aromatic heterocycles. The number of fused-ring (bicyclic) bond motifs is 1. The van der Waals surface area contributed by atoms with Gasteiger partial charge in [0.2, 0.25) is 5.91 Å². The van der Waals surface area contributed by atoms with Gasteiger partial charge in [-0.15, -0.1) is 0 Å². The molecule has 3 aromatic rings. The summed E-state index contributed by atoms with van der Waals surface area (Å²) in [6, 6.07) is 7.24. The van der Waals surface area contributed by atoms with Gasteiger partial charge in [-0.3, -0.25) is 19.3 Å². The fourth-order valence-electron chi connectivity index (χ4n) is 3.18. The van der Waals surface area contributed by atoms with Gasteiger partial charge < -0.3 is 9.64 Å². The van der Waals surface area contributed by atoms with Gasteiger partial charge in [0.05, 0.1) is 24.7 Å². The largest absolute Gasteiger partial charge is 0.495 e. The number of amides is 1. The monoisotopic (exact) mass is 385 g/mol. The van der Waals surface area contributed by atoms with E-state index in [1.165, 1.54) is 22.5 Å². The molecule has 1 aliphatic rings. The first-order valence-corrected chi connectivity index (χ1v) is 9.67. The summed E-state index contributed by atoms with van der Waals surface area (Å²) in [6.45, 7) is 1.59. The van der Waals surface area contributed by atoms with Crippen molar-refractivity contribution in [2.45, 2.75) is 18.0 Å². The van der Waals surface area contributed by atoms with Crippen molar-refractivity contribution in [3.05, 3.63) is 40.8 Å². The zero-order chi connectivity index (χ0) is 18.8. The Morgan fingerprint density at radius 3 is 2.85 bits per heavy atom. The van der Waals surface area contributed by atoms with E-state index in [2.05, 4.69) is 15.2 Å².